The number of aliphatic hydroxyl groups is 1. The zero-order valence-electron chi connectivity index (χ0n) is 10.4. The molecule has 1 heterocycles. The quantitative estimate of drug-likeness (QED) is 0.798. The monoisotopic (exact) mass is 279 g/mol. The maximum absolute atomic E-state index is 11.2. The Balaban J connectivity index is 2.06. The standard InChI is InChI=1S/C13H14ClN3O2/c1-8-3-2-4-9(5-8)11(18)7-15-10-6-16-17-13(19)12(10)14/h2-6,11,18H,7H2,1H3,(H2,15,17,19). The lowest BCUT2D eigenvalue weighted by atomic mass is 10.1. The van der Waals surface area contributed by atoms with E-state index in [2.05, 4.69) is 15.5 Å². The fourth-order valence-corrected chi connectivity index (χ4v) is 1.87. The van der Waals surface area contributed by atoms with Crippen molar-refractivity contribution in [3.8, 4) is 0 Å². The Morgan fingerprint density at radius 2 is 2.32 bits per heavy atom. The van der Waals surface area contributed by atoms with Gasteiger partial charge in [-0.15, -0.1) is 0 Å². The maximum Gasteiger partial charge on any atom is 0.285 e. The summed E-state index contributed by atoms with van der Waals surface area (Å²) in [4.78, 5) is 11.2. The minimum Gasteiger partial charge on any atom is -0.387 e. The molecule has 0 aliphatic rings. The Kier molecular flexibility index (Phi) is 4.19. The molecule has 6 heteroatoms. The number of anilines is 1. The highest BCUT2D eigenvalue weighted by Crippen LogP contribution is 2.18. The van der Waals surface area contributed by atoms with Crippen LogP contribution in [0.2, 0.25) is 5.02 Å². The summed E-state index contributed by atoms with van der Waals surface area (Å²) in [5.74, 6) is 0. The van der Waals surface area contributed by atoms with E-state index >= 15 is 0 Å². The van der Waals surface area contributed by atoms with Gasteiger partial charge in [-0.3, -0.25) is 4.79 Å². The second-order valence-corrected chi connectivity index (χ2v) is 4.62. The van der Waals surface area contributed by atoms with Crippen molar-refractivity contribution in [3.05, 3.63) is 57.0 Å². The van der Waals surface area contributed by atoms with E-state index < -0.39 is 11.7 Å². The summed E-state index contributed by atoms with van der Waals surface area (Å²) in [5, 5.41) is 18.9. The van der Waals surface area contributed by atoms with Gasteiger partial charge in [0.1, 0.15) is 5.02 Å². The number of aromatic amines is 1. The predicted molar refractivity (Wildman–Crippen MR) is 74.5 cm³/mol. The van der Waals surface area contributed by atoms with Crippen molar-refractivity contribution in [3.63, 3.8) is 0 Å². The van der Waals surface area contributed by atoms with Crippen molar-refractivity contribution in [2.75, 3.05) is 11.9 Å². The summed E-state index contributed by atoms with van der Waals surface area (Å²) in [6.45, 7) is 2.20. The molecule has 1 aromatic carbocycles. The molecule has 2 aromatic rings. The van der Waals surface area contributed by atoms with Crippen LogP contribution >= 0.6 is 11.6 Å². The summed E-state index contributed by atoms with van der Waals surface area (Å²) in [5.41, 5.74) is 1.82. The van der Waals surface area contributed by atoms with Gasteiger partial charge in [-0.2, -0.15) is 5.10 Å². The Labute approximate surface area is 115 Å². The van der Waals surface area contributed by atoms with Crippen LogP contribution in [0.15, 0.2) is 35.3 Å². The van der Waals surface area contributed by atoms with Gasteiger partial charge in [0, 0.05) is 6.54 Å². The van der Waals surface area contributed by atoms with Gasteiger partial charge in [0.15, 0.2) is 0 Å². The molecule has 0 saturated carbocycles. The summed E-state index contributed by atoms with van der Waals surface area (Å²) in [6, 6.07) is 7.60. The Morgan fingerprint density at radius 3 is 3.05 bits per heavy atom. The molecule has 0 bridgehead atoms. The van der Waals surface area contributed by atoms with Crippen LogP contribution in [0.5, 0.6) is 0 Å². The van der Waals surface area contributed by atoms with Crippen LogP contribution < -0.4 is 10.9 Å². The molecule has 0 spiro atoms. The highest BCUT2D eigenvalue weighted by molar-refractivity contribution is 6.32. The number of aliphatic hydroxyl groups excluding tert-OH is 1. The van der Waals surface area contributed by atoms with Gasteiger partial charge < -0.3 is 10.4 Å². The minimum atomic E-state index is -0.685. The van der Waals surface area contributed by atoms with Gasteiger partial charge in [-0.25, -0.2) is 5.10 Å². The number of hydrogen-bond donors (Lipinski definition) is 3. The van der Waals surface area contributed by atoms with Crippen molar-refractivity contribution >= 4 is 17.3 Å². The molecule has 100 valence electrons. The highest BCUT2D eigenvalue weighted by Gasteiger charge is 2.10. The van der Waals surface area contributed by atoms with Gasteiger partial charge in [0.05, 0.1) is 18.0 Å². The lowest BCUT2D eigenvalue weighted by Gasteiger charge is -2.13. The first kappa shape index (κ1) is 13.6. The van der Waals surface area contributed by atoms with Crippen molar-refractivity contribution < 1.29 is 5.11 Å². The lowest BCUT2D eigenvalue weighted by Crippen LogP contribution is -2.16. The molecule has 1 aromatic heterocycles. The van der Waals surface area contributed by atoms with Crippen molar-refractivity contribution in [1.82, 2.24) is 10.2 Å². The molecule has 0 amide bonds. The van der Waals surface area contributed by atoms with E-state index in [1.807, 2.05) is 31.2 Å². The topological polar surface area (TPSA) is 78.0 Å². The van der Waals surface area contributed by atoms with E-state index in [4.69, 9.17) is 11.6 Å². The number of nitrogens with zero attached hydrogens (tertiary/aromatic N) is 1. The summed E-state index contributed by atoms with van der Waals surface area (Å²) < 4.78 is 0. The van der Waals surface area contributed by atoms with Crippen LogP contribution in [-0.4, -0.2) is 21.8 Å². The third kappa shape index (κ3) is 3.33. The fourth-order valence-electron chi connectivity index (χ4n) is 1.71. The van der Waals surface area contributed by atoms with Crippen LogP contribution in [0, 0.1) is 6.92 Å². The predicted octanol–water partition coefficient (Wildman–Crippen LogP) is 1.88. The average Bonchev–Trinajstić information content (AvgIpc) is 2.40. The van der Waals surface area contributed by atoms with Gasteiger partial charge in [0.2, 0.25) is 0 Å². The van der Waals surface area contributed by atoms with Crippen LogP contribution in [0.3, 0.4) is 0 Å². The smallest absolute Gasteiger partial charge is 0.285 e. The molecule has 5 nitrogen and oxygen atoms in total. The molecular weight excluding hydrogens is 266 g/mol. The minimum absolute atomic E-state index is 0.0337. The molecule has 1 unspecified atom stereocenters. The number of aromatic nitrogens is 2. The first-order valence-electron chi connectivity index (χ1n) is 5.79. The SMILES string of the molecule is Cc1cccc(C(O)CNc2cn[nH]c(=O)c2Cl)c1. The van der Waals surface area contributed by atoms with E-state index in [9.17, 15) is 9.90 Å². The van der Waals surface area contributed by atoms with Gasteiger partial charge in [-0.05, 0) is 12.5 Å². The van der Waals surface area contributed by atoms with Crippen LogP contribution in [0.1, 0.15) is 17.2 Å². The third-order valence-electron chi connectivity index (χ3n) is 2.71. The van der Waals surface area contributed by atoms with Crippen LogP contribution in [0.25, 0.3) is 0 Å². The Bertz CT molecular complexity index is 627. The molecule has 0 aliphatic heterocycles. The molecule has 0 radical (unpaired) electrons. The second kappa shape index (κ2) is 5.86. The normalized spacial score (nSPS) is 12.2. The fraction of sp³-hybridized carbons (Fsp3) is 0.231. The first-order valence-corrected chi connectivity index (χ1v) is 6.17. The number of halogens is 1. The summed E-state index contributed by atoms with van der Waals surface area (Å²) in [7, 11) is 0. The van der Waals surface area contributed by atoms with Gasteiger partial charge in [-0.1, -0.05) is 41.4 Å². The average molecular weight is 280 g/mol. The van der Waals surface area contributed by atoms with E-state index in [1.54, 1.807) is 0 Å². The molecule has 0 aliphatic carbocycles. The lowest BCUT2D eigenvalue weighted by molar-refractivity contribution is 0.191. The van der Waals surface area contributed by atoms with Crippen molar-refractivity contribution in [2.45, 2.75) is 13.0 Å². The number of H-pyrrole nitrogens is 1. The van der Waals surface area contributed by atoms with Gasteiger partial charge in [0.25, 0.3) is 5.56 Å². The molecule has 19 heavy (non-hydrogen) atoms. The largest absolute Gasteiger partial charge is 0.387 e. The number of nitrogens with one attached hydrogen (secondary N) is 2. The van der Waals surface area contributed by atoms with Crippen LogP contribution in [0.4, 0.5) is 5.69 Å². The number of benzene rings is 1. The van der Waals surface area contributed by atoms with E-state index in [1.165, 1.54) is 6.20 Å². The van der Waals surface area contributed by atoms with E-state index in [0.717, 1.165) is 11.1 Å². The number of aryl methyl sites for hydroxylation is 1. The Morgan fingerprint density at radius 1 is 1.53 bits per heavy atom. The van der Waals surface area contributed by atoms with Gasteiger partial charge >= 0.3 is 0 Å². The van der Waals surface area contributed by atoms with Crippen LogP contribution in [-0.2, 0) is 0 Å². The van der Waals surface area contributed by atoms with Crippen molar-refractivity contribution in [2.24, 2.45) is 0 Å². The van der Waals surface area contributed by atoms with E-state index in [-0.39, 0.29) is 11.6 Å². The third-order valence-corrected chi connectivity index (χ3v) is 3.08. The molecule has 2 rings (SSSR count). The molecule has 0 fully saturated rings. The summed E-state index contributed by atoms with van der Waals surface area (Å²) >= 11 is 5.82. The highest BCUT2D eigenvalue weighted by atomic mass is 35.5. The zero-order valence-corrected chi connectivity index (χ0v) is 11.1. The van der Waals surface area contributed by atoms with E-state index in [0.29, 0.717) is 5.69 Å². The van der Waals surface area contributed by atoms with Crippen molar-refractivity contribution in [1.29, 1.82) is 0 Å². The first-order chi connectivity index (χ1) is 9.08. The molecule has 1 atom stereocenters. The molecule has 0 saturated heterocycles. The molecule has 3 N–H and O–H groups in total. The summed E-state index contributed by atoms with van der Waals surface area (Å²) in [6.07, 6.45) is 0.724. The maximum atomic E-state index is 11.2. The number of hydrogen-bond acceptors (Lipinski definition) is 4. The Hall–Kier alpha value is -1.85. The molecular formula is C13H14ClN3O2. The second-order valence-electron chi connectivity index (χ2n) is 4.24. The number of rotatable bonds is 4. The zero-order chi connectivity index (χ0) is 13.8.